The van der Waals surface area contributed by atoms with Gasteiger partial charge in [0, 0.05) is 15.7 Å². The van der Waals surface area contributed by atoms with Gasteiger partial charge in [-0.05, 0) is 68.5 Å². The van der Waals surface area contributed by atoms with Gasteiger partial charge in [0.2, 0.25) is 5.22 Å². The molecule has 0 saturated heterocycles. The van der Waals surface area contributed by atoms with Gasteiger partial charge in [0.25, 0.3) is 0 Å². The Morgan fingerprint density at radius 2 is 1.15 bits per heavy atom. The first kappa shape index (κ1) is 21.6. The molecule has 26 heavy (non-hydrogen) atoms. The van der Waals surface area contributed by atoms with Crippen LogP contribution in [-0.2, 0) is 0 Å². The fraction of sp³-hybridized carbons (Fsp3) is 0.333. The highest BCUT2D eigenvalue weighted by atomic mass is 32.1. The topological polar surface area (TPSA) is 273 Å². The molecule has 0 fully saturated rings. The van der Waals surface area contributed by atoms with E-state index in [1.54, 1.807) is 0 Å². The molecular formula is C3H7N21OS. The van der Waals surface area contributed by atoms with Crippen LogP contribution in [0.3, 0.4) is 0 Å². The molecule has 0 aliphatic rings. The van der Waals surface area contributed by atoms with Crippen molar-refractivity contribution in [3.63, 3.8) is 0 Å². The van der Waals surface area contributed by atoms with Crippen molar-refractivity contribution in [1.29, 1.82) is 0 Å². The lowest BCUT2D eigenvalue weighted by molar-refractivity contribution is -0.500. The molecule has 0 atom stereocenters. The van der Waals surface area contributed by atoms with Gasteiger partial charge in [0.15, 0.2) is 5.22 Å². The third kappa shape index (κ3) is 19.6. The third-order valence-electron chi connectivity index (χ3n) is 1.04. The zero-order valence-corrected chi connectivity index (χ0v) is 13.4. The lowest BCUT2D eigenvalue weighted by Crippen LogP contribution is -1.87. The van der Waals surface area contributed by atoms with Crippen molar-refractivity contribution in [2.75, 3.05) is 7.05 Å². The first-order valence-electron chi connectivity index (χ1n) is 5.46. The van der Waals surface area contributed by atoms with E-state index in [-0.39, 0.29) is 4.86 Å². The van der Waals surface area contributed by atoms with Crippen molar-refractivity contribution < 1.29 is 4.86 Å². The predicted octanol–water partition coefficient (Wildman–Crippen LogP) is 3.31. The Hall–Kier alpha value is -4.44. The Bertz CT molecular complexity index is 708. The fourth-order valence-electron chi connectivity index (χ4n) is 0.449. The molecule has 23 heteroatoms. The maximum atomic E-state index is 10.2. The van der Waals surface area contributed by atoms with Gasteiger partial charge in [0.1, 0.15) is 17.8 Å². The normalized spacial score (nSPS) is 14.3. The second-order valence-electron chi connectivity index (χ2n) is 2.58. The maximum Gasteiger partial charge on any atom is 0.226 e. The molecule has 0 aliphatic heterocycles. The molecule has 22 nitrogen and oxygen atoms in total. The molecule has 0 aromatic carbocycles. The molecule has 0 bridgehead atoms. The summed E-state index contributed by atoms with van der Waals surface area (Å²) in [7, 11) is 2.18. The van der Waals surface area contributed by atoms with Crippen molar-refractivity contribution in [1.82, 2.24) is 5.53 Å². The number of hydrogen-bond donors (Lipinski definition) is 1. The minimum atomic E-state index is 0.154. The Balaban J connectivity index is 3.88. The zero-order chi connectivity index (χ0) is 19.1. The second-order valence-corrected chi connectivity index (χ2v) is 3.13. The average Bonchev–Trinajstić information content (AvgIpc) is 2.62. The summed E-state index contributed by atoms with van der Waals surface area (Å²) in [5, 5.41) is 68.3. The van der Waals surface area contributed by atoms with Crippen LogP contribution >= 0.6 is 10.9 Å². The largest absolute Gasteiger partial charge is 0.696 e. The molecular weight excluding hydrogens is 378 g/mol. The van der Waals surface area contributed by atoms with Crippen molar-refractivity contribution in [3.05, 3.63) is 5.21 Å². The molecule has 0 aromatic heterocycles. The molecule has 136 valence electrons. The van der Waals surface area contributed by atoms with E-state index in [1.807, 2.05) is 5.53 Å². The Morgan fingerprint density at radius 3 is 1.62 bits per heavy atom. The van der Waals surface area contributed by atoms with Gasteiger partial charge in [-0.3, -0.25) is 0 Å². The van der Waals surface area contributed by atoms with Crippen molar-refractivity contribution in [2.24, 2.45) is 99.1 Å². The molecule has 0 radical (unpaired) electrons. The lowest BCUT2D eigenvalue weighted by Gasteiger charge is -1.87. The van der Waals surface area contributed by atoms with Gasteiger partial charge in [0.05, 0.1) is 0 Å². The molecule has 1 N–H and O–H groups in total. The average molecular weight is 385 g/mol. The van der Waals surface area contributed by atoms with E-state index < -0.39 is 0 Å². The van der Waals surface area contributed by atoms with Gasteiger partial charge in [-0.25, -0.2) is 0 Å². The fourth-order valence-corrected chi connectivity index (χ4v) is 0.557. The van der Waals surface area contributed by atoms with Crippen LogP contribution in [0.5, 0.6) is 0 Å². The highest BCUT2D eigenvalue weighted by Crippen LogP contribution is 1.87. The molecule has 0 aliphatic carbocycles. The van der Waals surface area contributed by atoms with Crippen LogP contribution in [0.2, 0.25) is 0 Å². The summed E-state index contributed by atoms with van der Waals surface area (Å²) in [5.41, 5.74) is 3.25. The standard InChI is InChI=1S/C3H7N21OS/c1-24(25)23-22-21-20-19-18-17-16-15-14-13-12-11-10-9-8-7-6-5-4-3-26-2/h3H,2H2,1H3,(H,4,6,8,10,12,14,16,18,20,22). The van der Waals surface area contributed by atoms with Crippen LogP contribution in [0, 0.1) is 5.21 Å². The third-order valence-corrected chi connectivity index (χ3v) is 1.28. The molecule has 0 unspecified atom stereocenters. The maximum absolute atomic E-state index is 10.2. The lowest BCUT2D eigenvalue weighted by atomic mass is 11.5. The molecule has 0 heterocycles. The van der Waals surface area contributed by atoms with E-state index in [9.17, 15) is 5.21 Å². The highest BCUT2D eigenvalue weighted by Gasteiger charge is 1.78. The number of hydrogen-bond acceptors (Lipinski definition) is 3. The van der Waals surface area contributed by atoms with E-state index >= 15 is 0 Å². The minimum Gasteiger partial charge on any atom is -0.696 e. The zero-order valence-electron chi connectivity index (χ0n) is 12.5. The summed E-state index contributed by atoms with van der Waals surface area (Å²) in [6, 6.07) is 0. The van der Waals surface area contributed by atoms with Gasteiger partial charge in [-0.1, -0.05) is 0 Å². The van der Waals surface area contributed by atoms with Gasteiger partial charge in [-0.2, -0.15) is 10.4 Å². The van der Waals surface area contributed by atoms with Crippen LogP contribution in [0.4, 0.5) is 0 Å². The Morgan fingerprint density at radius 1 is 0.731 bits per heavy atom. The van der Waals surface area contributed by atoms with E-state index in [1.165, 1.54) is 5.49 Å². The van der Waals surface area contributed by atoms with Crippen LogP contribution in [0.25, 0.3) is 0 Å². The first-order valence-corrected chi connectivity index (χ1v) is 6.51. The quantitative estimate of drug-likeness (QED) is 0.242. The van der Waals surface area contributed by atoms with E-state index in [4.69, 9.17) is 0 Å². The first-order chi connectivity index (χ1) is 12.8. The summed E-state index contributed by atoms with van der Waals surface area (Å²) < 4.78 is 0. The van der Waals surface area contributed by atoms with Crippen molar-refractivity contribution >= 4 is 22.3 Å². The molecule has 0 rings (SSSR count). The minimum absolute atomic E-state index is 0.154. The summed E-state index contributed by atoms with van der Waals surface area (Å²) in [6.45, 7) is 0. The van der Waals surface area contributed by atoms with E-state index in [0.29, 0.717) is 0 Å². The summed E-state index contributed by atoms with van der Waals surface area (Å²) in [6.07, 6.45) is 0. The Kier molecular flexibility index (Phi) is 15.4. The number of rotatable bonds is 11. The predicted molar refractivity (Wildman–Crippen MR) is 79.6 cm³/mol. The number of nitrogens with zero attached hydrogens (tertiary/aromatic N) is 20. The van der Waals surface area contributed by atoms with Crippen molar-refractivity contribution in [3.8, 4) is 0 Å². The van der Waals surface area contributed by atoms with E-state index in [2.05, 4.69) is 105 Å². The SMILES string of the molecule is C=S=CN=NN=NN=NN=NN=NNN=NN=NN=NN=NN=[N+](C)[O-]. The Labute approximate surface area is 145 Å². The van der Waals surface area contributed by atoms with Crippen LogP contribution in [0.1, 0.15) is 0 Å². The van der Waals surface area contributed by atoms with Gasteiger partial charge >= 0.3 is 0 Å². The van der Waals surface area contributed by atoms with E-state index in [0.717, 1.165) is 18.0 Å². The molecule has 0 saturated carbocycles. The summed E-state index contributed by atoms with van der Waals surface area (Å²) in [4.78, 5) is 0.154. The van der Waals surface area contributed by atoms with Crippen molar-refractivity contribution in [2.45, 2.75) is 0 Å². The number of hydroxylamine groups is 1. The monoisotopic (exact) mass is 385 g/mol. The van der Waals surface area contributed by atoms with Gasteiger partial charge in [-0.15, -0.1) is 16.1 Å². The van der Waals surface area contributed by atoms with Crippen LogP contribution < -0.4 is 5.53 Å². The molecule has 0 aromatic rings. The summed E-state index contributed by atoms with van der Waals surface area (Å²) in [5.74, 6) is 3.40. The second kappa shape index (κ2) is 18.6. The smallest absolute Gasteiger partial charge is 0.226 e. The molecule has 0 spiro atoms. The number of nitrogens with one attached hydrogen (secondary N) is 1. The molecule has 0 amide bonds. The van der Waals surface area contributed by atoms with Gasteiger partial charge < -0.3 is 5.21 Å². The van der Waals surface area contributed by atoms with Crippen LogP contribution in [0.15, 0.2) is 99.1 Å². The van der Waals surface area contributed by atoms with Crippen LogP contribution in [-0.4, -0.2) is 23.3 Å². The highest BCUT2D eigenvalue weighted by molar-refractivity contribution is 7.94. The summed E-state index contributed by atoms with van der Waals surface area (Å²) >= 11 is 0.